The highest BCUT2D eigenvalue weighted by atomic mass is 32.3. The minimum Gasteiger partial charge on any atom is -0.282 e. The Bertz CT molecular complexity index is 860. The second kappa shape index (κ2) is 5.21. The van der Waals surface area contributed by atoms with Crippen molar-refractivity contribution in [2.45, 2.75) is 16.6 Å². The quantitative estimate of drug-likeness (QED) is 0.774. The molecule has 0 spiro atoms. The standard InChI is InChI=1S/C10H12FNO6S3/c11-20(15,16)10-4-2-1-3-9(10)12-21(17,18)8-5-6-19(13,14)7-8/h1-4,8,12H,5-7H2. The van der Waals surface area contributed by atoms with Gasteiger partial charge in [-0.1, -0.05) is 12.1 Å². The number of nitrogens with one attached hydrogen (secondary N) is 1. The van der Waals surface area contributed by atoms with Gasteiger partial charge in [-0.2, -0.15) is 8.42 Å². The molecule has 1 saturated heterocycles. The number of anilines is 1. The first kappa shape index (κ1) is 16.2. The zero-order valence-corrected chi connectivity index (χ0v) is 13.0. The van der Waals surface area contributed by atoms with Gasteiger partial charge in [0.1, 0.15) is 4.90 Å². The lowest BCUT2D eigenvalue weighted by molar-refractivity contribution is 0.552. The smallest absolute Gasteiger partial charge is 0.282 e. The molecule has 7 nitrogen and oxygen atoms in total. The first-order chi connectivity index (χ1) is 9.51. The second-order valence-electron chi connectivity index (χ2n) is 4.61. The molecule has 0 aromatic heterocycles. The van der Waals surface area contributed by atoms with E-state index >= 15 is 0 Å². The largest absolute Gasteiger partial charge is 0.334 e. The lowest BCUT2D eigenvalue weighted by atomic mass is 10.3. The van der Waals surface area contributed by atoms with Gasteiger partial charge in [0, 0.05) is 0 Å². The van der Waals surface area contributed by atoms with Crippen LogP contribution in [0.3, 0.4) is 0 Å². The van der Waals surface area contributed by atoms with Crippen LogP contribution in [-0.2, 0) is 30.1 Å². The average Bonchev–Trinajstić information content (AvgIpc) is 2.69. The molecule has 1 unspecified atom stereocenters. The normalized spacial score (nSPS) is 22.0. The molecule has 118 valence electrons. The van der Waals surface area contributed by atoms with E-state index in [4.69, 9.17) is 0 Å². The predicted octanol–water partition coefficient (Wildman–Crippen LogP) is 0.274. The molecule has 1 aliphatic rings. The molecule has 1 aliphatic heterocycles. The molecule has 11 heteroatoms. The lowest BCUT2D eigenvalue weighted by Gasteiger charge is -2.14. The van der Waals surface area contributed by atoms with Crippen molar-refractivity contribution >= 4 is 35.8 Å². The fourth-order valence-electron chi connectivity index (χ4n) is 2.01. The summed E-state index contributed by atoms with van der Waals surface area (Å²) < 4.78 is 83.8. The van der Waals surface area contributed by atoms with Crippen molar-refractivity contribution < 1.29 is 29.1 Å². The van der Waals surface area contributed by atoms with E-state index < -0.39 is 51.7 Å². The van der Waals surface area contributed by atoms with Crippen LogP contribution in [0.4, 0.5) is 9.57 Å². The van der Waals surface area contributed by atoms with Gasteiger partial charge < -0.3 is 0 Å². The highest BCUT2D eigenvalue weighted by Crippen LogP contribution is 2.26. The third-order valence-corrected chi connectivity index (χ3v) is 7.68. The molecule has 2 rings (SSSR count). The van der Waals surface area contributed by atoms with Gasteiger partial charge in [-0.05, 0) is 18.6 Å². The molecule has 0 radical (unpaired) electrons. The Kier molecular flexibility index (Phi) is 4.02. The number of sulfonamides is 1. The maximum Gasteiger partial charge on any atom is 0.334 e. The van der Waals surface area contributed by atoms with E-state index in [-0.39, 0.29) is 12.2 Å². The molecule has 1 heterocycles. The van der Waals surface area contributed by atoms with Crippen molar-refractivity contribution in [2.75, 3.05) is 16.2 Å². The van der Waals surface area contributed by atoms with Crippen molar-refractivity contribution in [3.63, 3.8) is 0 Å². The monoisotopic (exact) mass is 357 g/mol. The van der Waals surface area contributed by atoms with E-state index in [2.05, 4.69) is 0 Å². The molecule has 0 aliphatic carbocycles. The molecule has 1 atom stereocenters. The Morgan fingerprint density at radius 3 is 2.29 bits per heavy atom. The summed E-state index contributed by atoms with van der Waals surface area (Å²) >= 11 is 0. The first-order valence-corrected chi connectivity index (χ1v) is 10.5. The van der Waals surface area contributed by atoms with E-state index in [0.29, 0.717) is 0 Å². The van der Waals surface area contributed by atoms with Gasteiger partial charge in [0.25, 0.3) is 0 Å². The van der Waals surface area contributed by atoms with Crippen LogP contribution in [0.2, 0.25) is 0 Å². The van der Waals surface area contributed by atoms with Gasteiger partial charge in [0.05, 0.1) is 22.4 Å². The van der Waals surface area contributed by atoms with Crippen molar-refractivity contribution in [1.82, 2.24) is 0 Å². The highest BCUT2D eigenvalue weighted by molar-refractivity contribution is 7.97. The highest BCUT2D eigenvalue weighted by Gasteiger charge is 2.37. The summed E-state index contributed by atoms with van der Waals surface area (Å²) in [6.45, 7) is 0. The zero-order valence-electron chi connectivity index (χ0n) is 10.6. The van der Waals surface area contributed by atoms with Gasteiger partial charge in [0.2, 0.25) is 10.0 Å². The summed E-state index contributed by atoms with van der Waals surface area (Å²) in [7, 11) is -12.6. The van der Waals surface area contributed by atoms with Crippen LogP contribution in [0.25, 0.3) is 0 Å². The van der Waals surface area contributed by atoms with Crippen LogP contribution in [0.1, 0.15) is 6.42 Å². The molecule has 0 bridgehead atoms. The van der Waals surface area contributed by atoms with Gasteiger partial charge in [-0.25, -0.2) is 16.8 Å². The minimum absolute atomic E-state index is 0.0811. The Morgan fingerprint density at radius 1 is 1.14 bits per heavy atom. The summed E-state index contributed by atoms with van der Waals surface area (Å²) in [4.78, 5) is -0.811. The molecule has 1 fully saturated rings. The number of halogens is 1. The van der Waals surface area contributed by atoms with E-state index in [1.54, 1.807) is 0 Å². The van der Waals surface area contributed by atoms with E-state index in [1.165, 1.54) is 12.1 Å². The number of hydrogen-bond donors (Lipinski definition) is 1. The fraction of sp³-hybridized carbons (Fsp3) is 0.400. The third-order valence-electron chi connectivity index (χ3n) is 3.03. The SMILES string of the molecule is O=S1(=O)CCC(S(=O)(=O)Nc2ccccc2S(=O)(=O)F)C1. The van der Waals surface area contributed by atoms with Crippen molar-refractivity contribution in [3.8, 4) is 0 Å². The van der Waals surface area contributed by atoms with Crippen molar-refractivity contribution in [2.24, 2.45) is 0 Å². The van der Waals surface area contributed by atoms with Crippen LogP contribution in [0.5, 0.6) is 0 Å². The maximum atomic E-state index is 13.1. The van der Waals surface area contributed by atoms with Crippen LogP contribution in [-0.4, -0.2) is 42.0 Å². The summed E-state index contributed by atoms with van der Waals surface area (Å²) in [6, 6.07) is 4.58. The molecular weight excluding hydrogens is 345 g/mol. The van der Waals surface area contributed by atoms with Gasteiger partial charge in [0.15, 0.2) is 9.84 Å². The lowest BCUT2D eigenvalue weighted by Crippen LogP contribution is -2.29. The minimum atomic E-state index is -5.10. The van der Waals surface area contributed by atoms with Gasteiger partial charge in [-0.3, -0.25) is 4.72 Å². The Labute approximate surface area is 122 Å². The van der Waals surface area contributed by atoms with Crippen LogP contribution >= 0.6 is 0 Å². The van der Waals surface area contributed by atoms with E-state index in [1.807, 2.05) is 4.72 Å². The van der Waals surface area contributed by atoms with Gasteiger partial charge >= 0.3 is 10.2 Å². The van der Waals surface area contributed by atoms with E-state index in [0.717, 1.165) is 12.1 Å². The van der Waals surface area contributed by atoms with Crippen LogP contribution in [0, 0.1) is 0 Å². The molecular formula is C10H12FNO6S3. The number of para-hydroxylation sites is 1. The summed E-state index contributed by atoms with van der Waals surface area (Å²) in [6.07, 6.45) is -0.0811. The number of benzene rings is 1. The zero-order chi connectivity index (χ0) is 15.9. The molecule has 0 amide bonds. The average molecular weight is 357 g/mol. The molecule has 1 aromatic rings. The summed E-state index contributed by atoms with van der Waals surface area (Å²) in [5.74, 6) is -0.783. The number of rotatable bonds is 4. The topological polar surface area (TPSA) is 114 Å². The van der Waals surface area contributed by atoms with Crippen molar-refractivity contribution in [3.05, 3.63) is 24.3 Å². The first-order valence-electron chi connectivity index (χ1n) is 5.77. The fourth-order valence-corrected chi connectivity index (χ4v) is 6.80. The summed E-state index contributed by atoms with van der Waals surface area (Å²) in [5.41, 5.74) is -0.440. The van der Waals surface area contributed by atoms with Gasteiger partial charge in [-0.15, -0.1) is 3.89 Å². The third kappa shape index (κ3) is 3.71. The maximum absolute atomic E-state index is 13.1. The van der Waals surface area contributed by atoms with E-state index in [9.17, 15) is 29.1 Å². The molecule has 1 N–H and O–H groups in total. The Morgan fingerprint density at radius 2 is 1.76 bits per heavy atom. The molecule has 0 saturated carbocycles. The number of hydrogen-bond acceptors (Lipinski definition) is 6. The molecule has 21 heavy (non-hydrogen) atoms. The molecule has 1 aromatic carbocycles. The second-order valence-corrected chi connectivity index (χ2v) is 10.1. The summed E-state index contributed by atoms with van der Waals surface area (Å²) in [5, 5.41) is -1.18. The number of sulfone groups is 1. The predicted molar refractivity (Wildman–Crippen MR) is 74.3 cm³/mol. The Hall–Kier alpha value is -1.20. The van der Waals surface area contributed by atoms with Crippen molar-refractivity contribution in [1.29, 1.82) is 0 Å². The van der Waals surface area contributed by atoms with Crippen LogP contribution in [0.15, 0.2) is 29.2 Å². The Balaban J connectivity index is 2.35. The van der Waals surface area contributed by atoms with Crippen LogP contribution < -0.4 is 4.72 Å².